The number of allylic oxidation sites excluding steroid dienone is 1. The summed E-state index contributed by atoms with van der Waals surface area (Å²) in [7, 11) is 0. The molecular weight excluding hydrogens is 224 g/mol. The van der Waals surface area contributed by atoms with Crippen molar-refractivity contribution in [2.24, 2.45) is 0 Å². The SMILES string of the molecule is C=CC[n+]1c(N)sc2cc(SC)ccc21. The van der Waals surface area contributed by atoms with Crippen LogP contribution in [0.1, 0.15) is 0 Å². The van der Waals surface area contributed by atoms with Gasteiger partial charge >= 0.3 is 5.13 Å². The van der Waals surface area contributed by atoms with Gasteiger partial charge in [0.2, 0.25) is 0 Å². The zero-order valence-electron chi connectivity index (χ0n) is 8.56. The van der Waals surface area contributed by atoms with Crippen LogP contribution in [0.4, 0.5) is 5.13 Å². The number of nitrogen functional groups attached to an aromatic ring is 1. The van der Waals surface area contributed by atoms with Crippen LogP contribution in [0.15, 0.2) is 35.7 Å². The number of thiazole rings is 1. The topological polar surface area (TPSA) is 29.9 Å². The normalized spacial score (nSPS) is 10.7. The van der Waals surface area contributed by atoms with Crippen LogP contribution < -0.4 is 10.3 Å². The molecule has 0 fully saturated rings. The zero-order chi connectivity index (χ0) is 10.8. The number of hydrogen-bond acceptors (Lipinski definition) is 3. The minimum Gasteiger partial charge on any atom is -0.278 e. The second-order valence-electron chi connectivity index (χ2n) is 3.17. The largest absolute Gasteiger partial charge is 0.332 e. The molecule has 4 heteroatoms. The Morgan fingerprint density at radius 2 is 2.40 bits per heavy atom. The molecule has 0 spiro atoms. The summed E-state index contributed by atoms with van der Waals surface area (Å²) in [6.07, 6.45) is 3.95. The monoisotopic (exact) mass is 237 g/mol. The number of rotatable bonds is 3. The fourth-order valence-electron chi connectivity index (χ4n) is 1.53. The van der Waals surface area contributed by atoms with Gasteiger partial charge in [-0.15, -0.1) is 11.8 Å². The Hall–Kier alpha value is -1.00. The fraction of sp³-hybridized carbons (Fsp3) is 0.182. The second kappa shape index (κ2) is 4.24. The van der Waals surface area contributed by atoms with E-state index in [9.17, 15) is 0 Å². The Kier molecular flexibility index (Phi) is 2.98. The molecule has 1 aromatic carbocycles. The molecule has 2 nitrogen and oxygen atoms in total. The Bertz CT molecular complexity index is 503. The Morgan fingerprint density at radius 3 is 3.07 bits per heavy atom. The molecular formula is C11H13N2S2+. The molecule has 2 N–H and O–H groups in total. The van der Waals surface area contributed by atoms with Gasteiger partial charge in [-0.1, -0.05) is 12.7 Å². The van der Waals surface area contributed by atoms with Crippen LogP contribution >= 0.6 is 23.1 Å². The van der Waals surface area contributed by atoms with Crippen LogP contribution in [-0.4, -0.2) is 6.26 Å². The lowest BCUT2D eigenvalue weighted by atomic mass is 10.3. The molecule has 0 saturated heterocycles. The van der Waals surface area contributed by atoms with Crippen molar-refractivity contribution in [1.29, 1.82) is 0 Å². The summed E-state index contributed by atoms with van der Waals surface area (Å²) < 4.78 is 3.32. The molecule has 0 radical (unpaired) electrons. The number of nitrogens with two attached hydrogens (primary N) is 1. The van der Waals surface area contributed by atoms with Crippen molar-refractivity contribution in [3.63, 3.8) is 0 Å². The first-order valence-corrected chi connectivity index (χ1v) is 6.67. The number of fused-ring (bicyclic) bond motifs is 1. The molecule has 0 amide bonds. The maximum atomic E-state index is 5.96. The molecule has 0 aliphatic heterocycles. The van der Waals surface area contributed by atoms with Crippen molar-refractivity contribution in [2.75, 3.05) is 12.0 Å². The maximum absolute atomic E-state index is 5.96. The van der Waals surface area contributed by atoms with Crippen molar-refractivity contribution < 1.29 is 4.57 Å². The molecule has 0 atom stereocenters. The number of thioether (sulfide) groups is 1. The average Bonchev–Trinajstić information content (AvgIpc) is 2.55. The van der Waals surface area contributed by atoms with E-state index < -0.39 is 0 Å². The van der Waals surface area contributed by atoms with Gasteiger partial charge in [-0.25, -0.2) is 4.57 Å². The molecule has 78 valence electrons. The first-order chi connectivity index (χ1) is 7.26. The quantitative estimate of drug-likeness (QED) is 0.505. The van der Waals surface area contributed by atoms with E-state index in [2.05, 4.69) is 35.6 Å². The molecule has 2 rings (SSSR count). The minimum absolute atomic E-state index is 0.768. The van der Waals surface area contributed by atoms with Gasteiger partial charge in [0, 0.05) is 4.90 Å². The van der Waals surface area contributed by atoms with Gasteiger partial charge in [-0.3, -0.25) is 5.73 Å². The highest BCUT2D eigenvalue weighted by Crippen LogP contribution is 2.26. The first kappa shape index (κ1) is 10.5. The summed E-state index contributed by atoms with van der Waals surface area (Å²) in [5, 5.41) is 0.836. The van der Waals surface area contributed by atoms with E-state index >= 15 is 0 Å². The molecule has 0 unspecified atom stereocenters. The molecule has 0 aliphatic carbocycles. The van der Waals surface area contributed by atoms with Gasteiger partial charge in [0.1, 0.15) is 12.1 Å². The van der Waals surface area contributed by atoms with Gasteiger partial charge < -0.3 is 0 Å². The van der Waals surface area contributed by atoms with Crippen molar-refractivity contribution in [1.82, 2.24) is 0 Å². The second-order valence-corrected chi connectivity index (χ2v) is 5.12. The Labute approximate surface area is 97.4 Å². The fourth-order valence-corrected chi connectivity index (χ4v) is 3.02. The van der Waals surface area contributed by atoms with Crippen LogP contribution in [-0.2, 0) is 6.54 Å². The number of hydrogen-bond donors (Lipinski definition) is 1. The highest BCUT2D eigenvalue weighted by molar-refractivity contribution is 7.98. The van der Waals surface area contributed by atoms with Crippen LogP contribution in [0.3, 0.4) is 0 Å². The number of nitrogens with zero attached hydrogens (tertiary/aromatic N) is 1. The maximum Gasteiger partial charge on any atom is 0.332 e. The molecule has 15 heavy (non-hydrogen) atoms. The first-order valence-electron chi connectivity index (χ1n) is 4.63. The van der Waals surface area contributed by atoms with Gasteiger partial charge in [0.25, 0.3) is 0 Å². The molecule has 0 saturated carbocycles. The zero-order valence-corrected chi connectivity index (χ0v) is 10.2. The Morgan fingerprint density at radius 1 is 1.60 bits per heavy atom. The third-order valence-electron chi connectivity index (χ3n) is 2.25. The molecule has 0 aliphatic rings. The van der Waals surface area contributed by atoms with E-state index in [-0.39, 0.29) is 0 Å². The van der Waals surface area contributed by atoms with Gasteiger partial charge in [0.05, 0.1) is 4.70 Å². The van der Waals surface area contributed by atoms with Crippen molar-refractivity contribution in [2.45, 2.75) is 11.4 Å². The van der Waals surface area contributed by atoms with Crippen LogP contribution in [0.2, 0.25) is 0 Å². The lowest BCUT2D eigenvalue weighted by Gasteiger charge is -1.96. The predicted octanol–water partition coefficient (Wildman–Crippen LogP) is 2.68. The molecule has 1 aromatic heterocycles. The van der Waals surface area contributed by atoms with Gasteiger partial charge in [-0.05, 0) is 35.8 Å². The predicted molar refractivity (Wildman–Crippen MR) is 68.4 cm³/mol. The summed E-state index contributed by atoms with van der Waals surface area (Å²) in [4.78, 5) is 1.27. The number of benzene rings is 1. The van der Waals surface area contributed by atoms with Crippen LogP contribution in [0, 0.1) is 0 Å². The third-order valence-corrected chi connectivity index (χ3v) is 3.95. The summed E-state index contributed by atoms with van der Waals surface area (Å²) in [5.74, 6) is 0. The summed E-state index contributed by atoms with van der Waals surface area (Å²) >= 11 is 3.38. The average molecular weight is 237 g/mol. The smallest absolute Gasteiger partial charge is 0.278 e. The van der Waals surface area contributed by atoms with E-state index in [1.165, 1.54) is 15.1 Å². The van der Waals surface area contributed by atoms with Crippen LogP contribution in [0.25, 0.3) is 10.2 Å². The number of aromatic nitrogens is 1. The van der Waals surface area contributed by atoms with E-state index in [1.54, 1.807) is 23.1 Å². The van der Waals surface area contributed by atoms with E-state index in [4.69, 9.17) is 5.73 Å². The van der Waals surface area contributed by atoms with Gasteiger partial charge in [-0.2, -0.15) is 0 Å². The molecule has 2 aromatic rings. The van der Waals surface area contributed by atoms with Crippen molar-refractivity contribution >= 4 is 38.4 Å². The highest BCUT2D eigenvalue weighted by Gasteiger charge is 2.13. The minimum atomic E-state index is 0.768. The summed E-state index contributed by atoms with van der Waals surface area (Å²) in [5.41, 5.74) is 7.15. The van der Waals surface area contributed by atoms with Gasteiger partial charge in [0.15, 0.2) is 0 Å². The third kappa shape index (κ3) is 1.87. The number of anilines is 1. The van der Waals surface area contributed by atoms with E-state index in [0.29, 0.717) is 0 Å². The lowest BCUT2D eigenvalue weighted by molar-refractivity contribution is -0.642. The van der Waals surface area contributed by atoms with Crippen LogP contribution in [0.5, 0.6) is 0 Å². The van der Waals surface area contributed by atoms with Crippen molar-refractivity contribution in [3.05, 3.63) is 30.9 Å². The highest BCUT2D eigenvalue weighted by atomic mass is 32.2. The molecule has 0 bridgehead atoms. The Balaban J connectivity index is 2.62. The van der Waals surface area contributed by atoms with E-state index in [0.717, 1.165) is 11.7 Å². The standard InChI is InChI=1S/C11H12N2S2/c1-3-6-13-9-5-4-8(14-2)7-10(9)15-11(13)12/h3-5,7,12H,1,6H2,2H3/p+1. The van der Waals surface area contributed by atoms with Crippen molar-refractivity contribution in [3.8, 4) is 0 Å². The molecule has 1 heterocycles. The summed E-state index contributed by atoms with van der Waals surface area (Å²) in [6.45, 7) is 4.51. The summed E-state index contributed by atoms with van der Waals surface area (Å²) in [6, 6.07) is 6.43. The lowest BCUT2D eigenvalue weighted by Crippen LogP contribution is -2.33. The van der Waals surface area contributed by atoms with E-state index in [1.807, 2.05) is 6.08 Å².